The highest BCUT2D eigenvalue weighted by Gasteiger charge is 2.21. The van der Waals surface area contributed by atoms with Gasteiger partial charge >= 0.3 is 5.97 Å². The van der Waals surface area contributed by atoms with Crippen LogP contribution < -0.4 is 9.47 Å². The van der Waals surface area contributed by atoms with Gasteiger partial charge in [0.05, 0.1) is 19.0 Å². The van der Waals surface area contributed by atoms with Gasteiger partial charge in [-0.05, 0) is 24.6 Å². The van der Waals surface area contributed by atoms with Crippen molar-refractivity contribution in [1.82, 2.24) is 0 Å². The number of carbonyl (C=O) groups excluding carboxylic acids is 1. The lowest BCUT2D eigenvalue weighted by Crippen LogP contribution is -2.16. The fraction of sp³-hybridized carbons (Fsp3) is 0.462. The first-order chi connectivity index (χ1) is 8.49. The van der Waals surface area contributed by atoms with Crippen molar-refractivity contribution in [2.75, 3.05) is 14.2 Å². The molecule has 0 fully saturated rings. The number of ether oxygens (including phenoxy) is 3. The first kappa shape index (κ1) is 14.8. The van der Waals surface area contributed by atoms with E-state index < -0.39 is 0 Å². The van der Waals surface area contributed by atoms with Gasteiger partial charge in [-0.1, -0.05) is 22.0 Å². The van der Waals surface area contributed by atoms with E-state index in [0.717, 1.165) is 5.56 Å². The van der Waals surface area contributed by atoms with Gasteiger partial charge in [0.1, 0.15) is 6.10 Å². The second-order valence-electron chi connectivity index (χ2n) is 3.82. The highest BCUT2D eigenvalue weighted by Crippen LogP contribution is 2.34. The maximum Gasteiger partial charge on any atom is 0.303 e. The Morgan fingerprint density at radius 1 is 1.22 bits per heavy atom. The first-order valence-corrected chi connectivity index (χ1v) is 6.44. The van der Waals surface area contributed by atoms with Crippen molar-refractivity contribution >= 4 is 21.9 Å². The highest BCUT2D eigenvalue weighted by atomic mass is 79.9. The van der Waals surface area contributed by atoms with Crippen LogP contribution in [-0.2, 0) is 9.53 Å². The fourth-order valence-corrected chi connectivity index (χ4v) is 2.05. The summed E-state index contributed by atoms with van der Waals surface area (Å²) in [7, 11) is 3.15. The van der Waals surface area contributed by atoms with E-state index in [-0.39, 0.29) is 16.9 Å². The minimum atomic E-state index is -0.359. The average molecular weight is 317 g/mol. The third-order valence-electron chi connectivity index (χ3n) is 2.45. The van der Waals surface area contributed by atoms with Crippen LogP contribution in [0, 0.1) is 0 Å². The second kappa shape index (κ2) is 6.64. The largest absolute Gasteiger partial charge is 0.493 e. The molecule has 0 N–H and O–H groups in total. The smallest absolute Gasteiger partial charge is 0.303 e. The van der Waals surface area contributed by atoms with Crippen LogP contribution in [0.15, 0.2) is 18.2 Å². The van der Waals surface area contributed by atoms with Crippen molar-refractivity contribution < 1.29 is 19.0 Å². The number of benzene rings is 1. The molecule has 18 heavy (non-hydrogen) atoms. The van der Waals surface area contributed by atoms with Crippen LogP contribution in [0.3, 0.4) is 0 Å². The quantitative estimate of drug-likeness (QED) is 0.618. The van der Waals surface area contributed by atoms with Gasteiger partial charge in [0.25, 0.3) is 0 Å². The van der Waals surface area contributed by atoms with E-state index in [0.29, 0.717) is 11.5 Å². The number of halogens is 1. The molecule has 0 aliphatic carbocycles. The third kappa shape index (κ3) is 3.63. The van der Waals surface area contributed by atoms with Gasteiger partial charge in [-0.25, -0.2) is 0 Å². The molecular weight excluding hydrogens is 300 g/mol. The number of carbonyl (C=O) groups is 1. The van der Waals surface area contributed by atoms with E-state index in [1.54, 1.807) is 20.3 Å². The lowest BCUT2D eigenvalue weighted by atomic mass is 10.1. The van der Waals surface area contributed by atoms with Gasteiger partial charge in [0, 0.05) is 6.92 Å². The SMILES string of the molecule is COc1ccc([C@H](OC(C)=O)[C@H](C)Br)cc1OC. The second-order valence-corrected chi connectivity index (χ2v) is 5.27. The molecule has 0 radical (unpaired) electrons. The number of rotatable bonds is 5. The zero-order chi connectivity index (χ0) is 13.7. The van der Waals surface area contributed by atoms with Crippen LogP contribution in [0.25, 0.3) is 0 Å². The zero-order valence-corrected chi connectivity index (χ0v) is 12.5. The van der Waals surface area contributed by atoms with Crippen LogP contribution in [0.1, 0.15) is 25.5 Å². The monoisotopic (exact) mass is 316 g/mol. The molecule has 1 rings (SSSR count). The van der Waals surface area contributed by atoms with Crippen molar-refractivity contribution in [3.8, 4) is 11.5 Å². The molecule has 0 heterocycles. The molecular formula is C13H17BrO4. The molecule has 4 nitrogen and oxygen atoms in total. The van der Waals surface area contributed by atoms with Crippen molar-refractivity contribution in [2.45, 2.75) is 24.8 Å². The normalized spacial score (nSPS) is 13.6. The van der Waals surface area contributed by atoms with E-state index in [9.17, 15) is 4.79 Å². The number of hydrogen-bond donors (Lipinski definition) is 0. The summed E-state index contributed by atoms with van der Waals surface area (Å²) in [6.45, 7) is 3.31. The number of hydrogen-bond acceptors (Lipinski definition) is 4. The number of methoxy groups -OCH3 is 2. The first-order valence-electron chi connectivity index (χ1n) is 5.52. The van der Waals surface area contributed by atoms with Crippen LogP contribution in [-0.4, -0.2) is 25.0 Å². The summed E-state index contributed by atoms with van der Waals surface area (Å²) in [4.78, 5) is 11.1. The number of esters is 1. The Kier molecular flexibility index (Phi) is 5.47. The maximum absolute atomic E-state index is 11.1. The summed E-state index contributed by atoms with van der Waals surface area (Å²) < 4.78 is 15.7. The molecule has 0 aliphatic rings. The van der Waals surface area contributed by atoms with E-state index >= 15 is 0 Å². The molecule has 0 spiro atoms. The summed E-state index contributed by atoms with van der Waals surface area (Å²) in [5.74, 6) is 0.937. The van der Waals surface area contributed by atoms with Gasteiger partial charge in [-0.2, -0.15) is 0 Å². The Morgan fingerprint density at radius 2 is 1.83 bits per heavy atom. The van der Waals surface area contributed by atoms with E-state index in [4.69, 9.17) is 14.2 Å². The summed E-state index contributed by atoms with van der Waals surface area (Å²) in [5.41, 5.74) is 0.854. The third-order valence-corrected chi connectivity index (χ3v) is 2.93. The van der Waals surface area contributed by atoms with Crippen molar-refractivity contribution in [3.63, 3.8) is 0 Å². The Bertz CT molecular complexity index is 417. The average Bonchev–Trinajstić information content (AvgIpc) is 2.34. The van der Waals surface area contributed by atoms with E-state index in [2.05, 4.69) is 15.9 Å². The molecule has 100 valence electrons. The van der Waals surface area contributed by atoms with Crippen molar-refractivity contribution in [2.24, 2.45) is 0 Å². The van der Waals surface area contributed by atoms with Gasteiger partial charge in [-0.3, -0.25) is 4.79 Å². The van der Waals surface area contributed by atoms with Crippen LogP contribution in [0.4, 0.5) is 0 Å². The van der Waals surface area contributed by atoms with E-state index in [1.165, 1.54) is 6.92 Å². The van der Waals surface area contributed by atoms with E-state index in [1.807, 2.05) is 19.1 Å². The lowest BCUT2D eigenvalue weighted by molar-refractivity contribution is -0.146. The Labute approximate surface area is 115 Å². The molecule has 0 bridgehead atoms. The van der Waals surface area contributed by atoms with Gasteiger partial charge in [0.2, 0.25) is 0 Å². The fourth-order valence-electron chi connectivity index (χ4n) is 1.64. The minimum absolute atomic E-state index is 0.000462. The predicted molar refractivity (Wildman–Crippen MR) is 72.4 cm³/mol. The molecule has 0 aromatic heterocycles. The van der Waals surface area contributed by atoms with Crippen molar-refractivity contribution in [3.05, 3.63) is 23.8 Å². The zero-order valence-electron chi connectivity index (χ0n) is 10.9. The summed E-state index contributed by atoms with van der Waals surface area (Å²) in [6, 6.07) is 5.46. The maximum atomic E-state index is 11.1. The summed E-state index contributed by atoms with van der Waals surface area (Å²) in [5, 5.41) is 0. The highest BCUT2D eigenvalue weighted by molar-refractivity contribution is 9.09. The minimum Gasteiger partial charge on any atom is -0.493 e. The summed E-state index contributed by atoms with van der Waals surface area (Å²) in [6.07, 6.45) is -0.359. The molecule has 0 amide bonds. The standard InChI is InChI=1S/C13H17BrO4/c1-8(14)13(18-9(2)15)10-5-6-11(16-3)12(7-10)17-4/h5-8,13H,1-4H3/t8-,13+/m0/s1. The Hall–Kier alpha value is -1.23. The molecule has 0 unspecified atom stereocenters. The Morgan fingerprint density at radius 3 is 2.28 bits per heavy atom. The van der Waals surface area contributed by atoms with Gasteiger partial charge in [0.15, 0.2) is 11.5 Å². The molecule has 5 heteroatoms. The Balaban J connectivity index is 3.09. The van der Waals surface area contributed by atoms with Gasteiger partial charge < -0.3 is 14.2 Å². The predicted octanol–water partition coefficient (Wildman–Crippen LogP) is 3.09. The molecule has 1 aromatic carbocycles. The number of alkyl halides is 1. The van der Waals surface area contributed by atoms with Gasteiger partial charge in [-0.15, -0.1) is 0 Å². The molecule has 0 saturated carbocycles. The van der Waals surface area contributed by atoms with Crippen LogP contribution >= 0.6 is 15.9 Å². The van der Waals surface area contributed by atoms with Crippen molar-refractivity contribution in [1.29, 1.82) is 0 Å². The van der Waals surface area contributed by atoms with Crippen LogP contribution in [0.2, 0.25) is 0 Å². The summed E-state index contributed by atoms with van der Waals surface area (Å²) >= 11 is 3.44. The topological polar surface area (TPSA) is 44.8 Å². The molecule has 0 saturated heterocycles. The molecule has 1 aromatic rings. The lowest BCUT2D eigenvalue weighted by Gasteiger charge is -2.21. The molecule has 2 atom stereocenters. The molecule has 0 aliphatic heterocycles. The van der Waals surface area contributed by atoms with Crippen LogP contribution in [0.5, 0.6) is 11.5 Å².